The lowest BCUT2D eigenvalue weighted by Crippen LogP contribution is -2.30. The minimum atomic E-state index is -0.178. The van der Waals surface area contributed by atoms with E-state index in [1.807, 2.05) is 21.0 Å². The third kappa shape index (κ3) is 2.60. The summed E-state index contributed by atoms with van der Waals surface area (Å²) in [7, 11) is 3.69. The Balaban J connectivity index is 1.83. The van der Waals surface area contributed by atoms with Crippen molar-refractivity contribution in [1.82, 2.24) is 25.2 Å². The first kappa shape index (κ1) is 13.9. The van der Waals surface area contributed by atoms with E-state index in [0.717, 1.165) is 17.8 Å². The number of carbonyl (C=O) groups is 1. The van der Waals surface area contributed by atoms with Crippen molar-refractivity contribution in [1.29, 1.82) is 0 Å². The van der Waals surface area contributed by atoms with E-state index in [4.69, 9.17) is 4.52 Å². The van der Waals surface area contributed by atoms with Gasteiger partial charge in [0.15, 0.2) is 0 Å². The molecule has 1 fully saturated rings. The molecule has 1 atom stereocenters. The molecular weight excluding hydrogens is 292 g/mol. The van der Waals surface area contributed by atoms with Gasteiger partial charge in [0.2, 0.25) is 5.01 Å². The number of anilines is 1. The molecule has 1 amide bonds. The SMILES string of the molecule is Cc1nnc(C(=O)N2CCC[C@@H]2c2nc(N(C)C)no2)s1. The summed E-state index contributed by atoms with van der Waals surface area (Å²) in [6.45, 7) is 2.50. The van der Waals surface area contributed by atoms with Crippen LogP contribution < -0.4 is 4.90 Å². The van der Waals surface area contributed by atoms with Gasteiger partial charge in [-0.2, -0.15) is 4.98 Å². The molecule has 8 nitrogen and oxygen atoms in total. The molecule has 3 rings (SSSR count). The third-order valence-corrected chi connectivity index (χ3v) is 4.17. The van der Waals surface area contributed by atoms with Gasteiger partial charge in [-0.25, -0.2) is 0 Å². The molecule has 0 saturated carbocycles. The van der Waals surface area contributed by atoms with Crippen LogP contribution >= 0.6 is 11.3 Å². The Morgan fingerprint density at radius 3 is 2.86 bits per heavy atom. The molecule has 1 aliphatic heterocycles. The maximum absolute atomic E-state index is 12.5. The molecule has 1 saturated heterocycles. The first-order valence-electron chi connectivity index (χ1n) is 6.68. The van der Waals surface area contributed by atoms with Gasteiger partial charge < -0.3 is 14.3 Å². The smallest absolute Gasteiger partial charge is 0.285 e. The van der Waals surface area contributed by atoms with Crippen LogP contribution in [0.4, 0.5) is 5.95 Å². The second kappa shape index (κ2) is 5.40. The van der Waals surface area contributed by atoms with Gasteiger partial charge in [-0.3, -0.25) is 4.79 Å². The number of nitrogens with zero attached hydrogens (tertiary/aromatic N) is 6. The normalized spacial score (nSPS) is 18.2. The van der Waals surface area contributed by atoms with Gasteiger partial charge in [0.25, 0.3) is 17.7 Å². The van der Waals surface area contributed by atoms with Crippen molar-refractivity contribution in [3.63, 3.8) is 0 Å². The number of hydrogen-bond acceptors (Lipinski definition) is 8. The highest BCUT2D eigenvalue weighted by Gasteiger charge is 2.35. The molecule has 0 aliphatic carbocycles. The van der Waals surface area contributed by atoms with E-state index in [2.05, 4.69) is 20.3 Å². The van der Waals surface area contributed by atoms with E-state index in [0.29, 0.717) is 23.4 Å². The average molecular weight is 308 g/mol. The fourth-order valence-electron chi connectivity index (χ4n) is 2.32. The van der Waals surface area contributed by atoms with Gasteiger partial charge in [-0.05, 0) is 24.9 Å². The molecule has 0 unspecified atom stereocenters. The van der Waals surface area contributed by atoms with Crippen LogP contribution in [0.15, 0.2) is 4.52 Å². The van der Waals surface area contributed by atoms with Crippen LogP contribution in [0.5, 0.6) is 0 Å². The summed E-state index contributed by atoms with van der Waals surface area (Å²) in [5.41, 5.74) is 0. The lowest BCUT2D eigenvalue weighted by molar-refractivity contribution is 0.0709. The molecule has 0 bridgehead atoms. The summed E-state index contributed by atoms with van der Waals surface area (Å²) in [4.78, 5) is 20.4. The average Bonchev–Trinajstić information content (AvgIpc) is 3.17. The number of rotatable bonds is 3. The second-order valence-electron chi connectivity index (χ2n) is 5.11. The lowest BCUT2D eigenvalue weighted by Gasteiger charge is -2.20. The molecule has 0 aromatic carbocycles. The quantitative estimate of drug-likeness (QED) is 0.843. The molecule has 0 N–H and O–H groups in total. The van der Waals surface area contributed by atoms with Gasteiger partial charge in [-0.15, -0.1) is 10.2 Å². The predicted octanol–water partition coefficient (Wildman–Crippen LogP) is 1.27. The Labute approximate surface area is 125 Å². The molecule has 9 heteroatoms. The summed E-state index contributed by atoms with van der Waals surface area (Å²) in [6.07, 6.45) is 1.73. The number of aromatic nitrogens is 4. The Morgan fingerprint density at radius 1 is 1.43 bits per heavy atom. The van der Waals surface area contributed by atoms with Crippen LogP contribution in [0, 0.1) is 6.92 Å². The molecule has 0 radical (unpaired) electrons. The zero-order valence-electron chi connectivity index (χ0n) is 12.1. The minimum absolute atomic E-state index is 0.118. The van der Waals surface area contributed by atoms with Gasteiger partial charge in [-0.1, -0.05) is 11.3 Å². The predicted molar refractivity (Wildman–Crippen MR) is 76.3 cm³/mol. The number of aryl methyl sites for hydroxylation is 1. The van der Waals surface area contributed by atoms with Crippen LogP contribution in [0.25, 0.3) is 0 Å². The van der Waals surface area contributed by atoms with Crippen LogP contribution in [-0.2, 0) is 0 Å². The lowest BCUT2D eigenvalue weighted by atomic mass is 10.2. The standard InChI is InChI=1S/C12H16N6O2S/c1-7-14-15-10(21-7)11(19)18-6-4-5-8(18)9-13-12(16-20-9)17(2)3/h8H,4-6H2,1-3H3/t8-/m1/s1. The number of likely N-dealkylation sites (tertiary alicyclic amines) is 1. The van der Waals surface area contributed by atoms with Gasteiger partial charge in [0.1, 0.15) is 11.0 Å². The monoisotopic (exact) mass is 308 g/mol. The fourth-order valence-corrected chi connectivity index (χ4v) is 2.96. The molecule has 112 valence electrons. The van der Waals surface area contributed by atoms with Crippen molar-refractivity contribution < 1.29 is 9.32 Å². The van der Waals surface area contributed by atoms with E-state index >= 15 is 0 Å². The zero-order valence-corrected chi connectivity index (χ0v) is 12.9. The highest BCUT2D eigenvalue weighted by molar-refractivity contribution is 7.13. The summed E-state index contributed by atoms with van der Waals surface area (Å²) < 4.78 is 5.30. The second-order valence-corrected chi connectivity index (χ2v) is 6.29. The van der Waals surface area contributed by atoms with Gasteiger partial charge >= 0.3 is 0 Å². The van der Waals surface area contributed by atoms with Crippen molar-refractivity contribution >= 4 is 23.2 Å². The first-order chi connectivity index (χ1) is 10.1. The van der Waals surface area contributed by atoms with Crippen molar-refractivity contribution in [2.45, 2.75) is 25.8 Å². The molecule has 1 aliphatic rings. The maximum atomic E-state index is 12.5. The molecule has 0 spiro atoms. The molecule has 2 aromatic heterocycles. The van der Waals surface area contributed by atoms with E-state index in [-0.39, 0.29) is 11.9 Å². The highest BCUT2D eigenvalue weighted by Crippen LogP contribution is 2.33. The maximum Gasteiger partial charge on any atom is 0.285 e. The summed E-state index contributed by atoms with van der Waals surface area (Å²) >= 11 is 1.30. The summed E-state index contributed by atoms with van der Waals surface area (Å²) in [6, 6.07) is -0.178. The van der Waals surface area contributed by atoms with Crippen LogP contribution in [0.2, 0.25) is 0 Å². The van der Waals surface area contributed by atoms with Crippen molar-refractivity contribution in [3.8, 4) is 0 Å². The highest BCUT2D eigenvalue weighted by atomic mass is 32.1. The fraction of sp³-hybridized carbons (Fsp3) is 0.583. The van der Waals surface area contributed by atoms with Crippen molar-refractivity contribution in [3.05, 3.63) is 15.9 Å². The van der Waals surface area contributed by atoms with E-state index < -0.39 is 0 Å². The summed E-state index contributed by atoms with van der Waals surface area (Å²) in [5.74, 6) is 0.870. The van der Waals surface area contributed by atoms with Gasteiger partial charge in [0.05, 0.1) is 0 Å². The largest absolute Gasteiger partial charge is 0.344 e. The zero-order chi connectivity index (χ0) is 15.0. The van der Waals surface area contributed by atoms with Crippen LogP contribution in [0.1, 0.15) is 39.6 Å². The first-order valence-corrected chi connectivity index (χ1v) is 7.50. The number of amides is 1. The Hall–Kier alpha value is -2.03. The van der Waals surface area contributed by atoms with Gasteiger partial charge in [0, 0.05) is 20.6 Å². The molecular formula is C12H16N6O2S. The minimum Gasteiger partial charge on any atom is -0.344 e. The van der Waals surface area contributed by atoms with Crippen molar-refractivity contribution in [2.24, 2.45) is 0 Å². The molecule has 2 aromatic rings. The van der Waals surface area contributed by atoms with E-state index in [1.54, 1.807) is 9.80 Å². The number of carbonyl (C=O) groups excluding carboxylic acids is 1. The Bertz CT molecular complexity index is 652. The van der Waals surface area contributed by atoms with Crippen molar-refractivity contribution in [2.75, 3.05) is 25.5 Å². The molecule has 3 heterocycles. The Kier molecular flexibility index (Phi) is 3.58. The topological polar surface area (TPSA) is 88.3 Å². The Morgan fingerprint density at radius 2 is 2.24 bits per heavy atom. The summed E-state index contributed by atoms with van der Waals surface area (Å²) in [5, 5.41) is 12.9. The van der Waals surface area contributed by atoms with Crippen LogP contribution in [0.3, 0.4) is 0 Å². The molecule has 21 heavy (non-hydrogen) atoms. The van der Waals surface area contributed by atoms with E-state index in [9.17, 15) is 4.79 Å². The van der Waals surface area contributed by atoms with E-state index in [1.165, 1.54) is 11.3 Å². The van der Waals surface area contributed by atoms with Crippen LogP contribution in [-0.4, -0.2) is 51.8 Å². The third-order valence-electron chi connectivity index (χ3n) is 3.34. The number of hydrogen-bond donors (Lipinski definition) is 0.